The molecule has 1 heterocycles. The highest BCUT2D eigenvalue weighted by Gasteiger charge is 2.17. The fourth-order valence-corrected chi connectivity index (χ4v) is 2.09. The lowest BCUT2D eigenvalue weighted by Gasteiger charge is -2.19. The van der Waals surface area contributed by atoms with Crippen LogP contribution >= 0.6 is 0 Å². The second-order valence-corrected chi connectivity index (χ2v) is 4.51. The first-order valence-electron chi connectivity index (χ1n) is 6.34. The molecular weight excluding hydrogens is 274 g/mol. The van der Waals surface area contributed by atoms with Crippen LogP contribution in [0.15, 0.2) is 30.5 Å². The van der Waals surface area contributed by atoms with Gasteiger partial charge in [0.25, 0.3) is 5.69 Å². The molecule has 0 saturated heterocycles. The molecule has 0 saturated carbocycles. The van der Waals surface area contributed by atoms with Crippen LogP contribution in [-0.2, 0) is 9.53 Å². The Hall–Kier alpha value is -2.70. The minimum atomic E-state index is -0.428. The molecule has 0 spiro atoms. The molecule has 2 rings (SSSR count). The number of carbonyl (C=O) groups excluding carboxylic acids is 1. The Morgan fingerprint density at radius 1 is 1.43 bits per heavy atom. The van der Waals surface area contributed by atoms with Gasteiger partial charge in [-0.3, -0.25) is 19.9 Å². The fraction of sp³-hybridized carbons (Fsp3) is 0.286. The second kappa shape index (κ2) is 6.17. The Bertz CT molecular complexity index is 687. The molecule has 0 amide bonds. The molecular formula is C14H15N3O4. The number of carbonyl (C=O) groups is 1. The third kappa shape index (κ3) is 3.07. The van der Waals surface area contributed by atoms with Crippen LogP contribution in [0.2, 0.25) is 0 Å². The van der Waals surface area contributed by atoms with E-state index in [2.05, 4.69) is 9.72 Å². The molecule has 2 aromatic rings. The minimum Gasteiger partial charge on any atom is -0.469 e. The molecule has 0 N–H and O–H groups in total. The molecule has 0 fully saturated rings. The maximum atomic E-state index is 11.2. The van der Waals surface area contributed by atoms with Gasteiger partial charge < -0.3 is 9.64 Å². The average molecular weight is 289 g/mol. The zero-order valence-corrected chi connectivity index (χ0v) is 11.8. The van der Waals surface area contributed by atoms with Gasteiger partial charge in [0, 0.05) is 25.9 Å². The number of fused-ring (bicyclic) bond motifs is 1. The van der Waals surface area contributed by atoms with Crippen molar-refractivity contribution in [2.24, 2.45) is 0 Å². The van der Waals surface area contributed by atoms with Gasteiger partial charge in [-0.25, -0.2) is 0 Å². The lowest BCUT2D eigenvalue weighted by molar-refractivity contribution is -0.383. The molecule has 0 aliphatic rings. The average Bonchev–Trinajstić information content (AvgIpc) is 2.50. The number of methoxy groups -OCH3 is 1. The summed E-state index contributed by atoms with van der Waals surface area (Å²) < 4.78 is 4.60. The number of nitro benzene ring substituents is 1. The zero-order chi connectivity index (χ0) is 15.4. The second-order valence-electron chi connectivity index (χ2n) is 4.51. The first-order chi connectivity index (χ1) is 10.0. The molecule has 1 aromatic heterocycles. The van der Waals surface area contributed by atoms with Crippen molar-refractivity contribution in [3.05, 3.63) is 40.6 Å². The van der Waals surface area contributed by atoms with Crippen LogP contribution in [-0.4, -0.2) is 36.6 Å². The van der Waals surface area contributed by atoms with Crippen molar-refractivity contribution in [2.75, 3.05) is 25.6 Å². The van der Waals surface area contributed by atoms with Gasteiger partial charge in [-0.2, -0.15) is 0 Å². The molecule has 0 atom stereocenters. The molecule has 0 radical (unpaired) electrons. The third-order valence-electron chi connectivity index (χ3n) is 3.21. The van der Waals surface area contributed by atoms with Gasteiger partial charge in [0.2, 0.25) is 0 Å². The van der Waals surface area contributed by atoms with Gasteiger partial charge in [-0.15, -0.1) is 0 Å². The Labute approximate surface area is 121 Å². The smallest absolute Gasteiger partial charge is 0.307 e. The predicted octanol–water partition coefficient (Wildman–Crippen LogP) is 2.14. The molecule has 21 heavy (non-hydrogen) atoms. The van der Waals surface area contributed by atoms with Crippen molar-refractivity contribution in [1.82, 2.24) is 4.98 Å². The topological polar surface area (TPSA) is 85.6 Å². The van der Waals surface area contributed by atoms with E-state index in [1.165, 1.54) is 13.2 Å². The minimum absolute atomic E-state index is 0.0169. The van der Waals surface area contributed by atoms with Crippen molar-refractivity contribution in [3.63, 3.8) is 0 Å². The highest BCUT2D eigenvalue weighted by molar-refractivity contribution is 5.97. The van der Waals surface area contributed by atoms with Crippen LogP contribution in [0.1, 0.15) is 6.42 Å². The number of anilines is 1. The first-order valence-corrected chi connectivity index (χ1v) is 6.34. The van der Waals surface area contributed by atoms with Crippen molar-refractivity contribution in [2.45, 2.75) is 6.42 Å². The standard InChI is InChI=1S/C14H15N3O4/c1-16(9-7-13(18)21-2)12-6-5-11(17(19)20)10-4-3-8-15-14(10)12/h3-6,8H,7,9H2,1-2H3. The molecule has 0 aliphatic heterocycles. The van der Waals surface area contributed by atoms with Crippen LogP contribution < -0.4 is 4.90 Å². The number of non-ortho nitro benzene ring substituents is 1. The molecule has 0 unspecified atom stereocenters. The van der Waals surface area contributed by atoms with E-state index in [1.807, 2.05) is 4.90 Å². The van der Waals surface area contributed by atoms with Crippen molar-refractivity contribution in [3.8, 4) is 0 Å². The maximum Gasteiger partial charge on any atom is 0.307 e. The summed E-state index contributed by atoms with van der Waals surface area (Å²) in [6.45, 7) is 0.441. The normalized spacial score (nSPS) is 10.4. The zero-order valence-electron chi connectivity index (χ0n) is 11.8. The summed E-state index contributed by atoms with van der Waals surface area (Å²) in [5.74, 6) is -0.305. The van der Waals surface area contributed by atoms with Crippen LogP contribution in [0.3, 0.4) is 0 Å². The molecule has 110 valence electrons. The van der Waals surface area contributed by atoms with E-state index >= 15 is 0 Å². The SMILES string of the molecule is COC(=O)CCN(C)c1ccc([N+](=O)[O-])c2cccnc12. The summed E-state index contributed by atoms with van der Waals surface area (Å²) in [5, 5.41) is 11.5. The van der Waals surface area contributed by atoms with Crippen molar-refractivity contribution >= 4 is 28.2 Å². The Balaban J connectivity index is 2.39. The summed E-state index contributed by atoms with van der Waals surface area (Å²) in [5.41, 5.74) is 1.29. The number of hydrogen-bond acceptors (Lipinski definition) is 6. The molecule has 0 bridgehead atoms. The van der Waals surface area contributed by atoms with Gasteiger partial charge in [0.15, 0.2) is 0 Å². The van der Waals surface area contributed by atoms with Gasteiger partial charge in [0.1, 0.15) is 5.52 Å². The number of nitro groups is 1. The monoisotopic (exact) mass is 289 g/mol. The van der Waals surface area contributed by atoms with Gasteiger partial charge in [-0.05, 0) is 18.2 Å². The summed E-state index contributed by atoms with van der Waals surface area (Å²) in [6.07, 6.45) is 1.82. The van der Waals surface area contributed by atoms with E-state index in [1.54, 1.807) is 31.4 Å². The number of hydrogen-bond donors (Lipinski definition) is 0. The quantitative estimate of drug-likeness (QED) is 0.476. The third-order valence-corrected chi connectivity index (χ3v) is 3.21. The van der Waals surface area contributed by atoms with Gasteiger partial charge >= 0.3 is 5.97 Å². The summed E-state index contributed by atoms with van der Waals surface area (Å²) >= 11 is 0. The molecule has 1 aromatic carbocycles. The number of esters is 1. The number of pyridine rings is 1. The van der Waals surface area contributed by atoms with E-state index in [9.17, 15) is 14.9 Å². The molecule has 0 aliphatic carbocycles. The van der Waals surface area contributed by atoms with Crippen LogP contribution in [0, 0.1) is 10.1 Å². The van der Waals surface area contributed by atoms with E-state index in [0.29, 0.717) is 17.4 Å². The number of nitrogens with zero attached hydrogens (tertiary/aromatic N) is 3. The molecule has 7 nitrogen and oxygen atoms in total. The molecule has 7 heteroatoms. The number of benzene rings is 1. The predicted molar refractivity (Wildman–Crippen MR) is 78.3 cm³/mol. The Morgan fingerprint density at radius 2 is 2.19 bits per heavy atom. The lowest BCUT2D eigenvalue weighted by Crippen LogP contribution is -2.22. The largest absolute Gasteiger partial charge is 0.469 e. The van der Waals surface area contributed by atoms with E-state index in [4.69, 9.17) is 0 Å². The Morgan fingerprint density at radius 3 is 2.86 bits per heavy atom. The van der Waals surface area contributed by atoms with Crippen LogP contribution in [0.25, 0.3) is 10.9 Å². The number of ether oxygens (including phenoxy) is 1. The summed E-state index contributed by atoms with van der Waals surface area (Å²) in [6, 6.07) is 6.42. The van der Waals surface area contributed by atoms with Gasteiger partial charge in [0.05, 0.1) is 29.5 Å². The van der Waals surface area contributed by atoms with E-state index in [-0.39, 0.29) is 18.1 Å². The van der Waals surface area contributed by atoms with Crippen LogP contribution in [0.4, 0.5) is 11.4 Å². The van der Waals surface area contributed by atoms with E-state index < -0.39 is 4.92 Å². The Kier molecular flexibility index (Phi) is 4.32. The summed E-state index contributed by atoms with van der Waals surface area (Å²) in [4.78, 5) is 27.9. The maximum absolute atomic E-state index is 11.2. The fourth-order valence-electron chi connectivity index (χ4n) is 2.09. The van der Waals surface area contributed by atoms with Crippen molar-refractivity contribution < 1.29 is 14.5 Å². The number of rotatable bonds is 5. The summed E-state index contributed by atoms with van der Waals surface area (Å²) in [7, 11) is 3.14. The van der Waals surface area contributed by atoms with E-state index in [0.717, 1.165) is 5.69 Å². The van der Waals surface area contributed by atoms with Crippen molar-refractivity contribution in [1.29, 1.82) is 0 Å². The highest BCUT2D eigenvalue weighted by atomic mass is 16.6. The van der Waals surface area contributed by atoms with Gasteiger partial charge in [-0.1, -0.05) is 0 Å². The number of aromatic nitrogens is 1. The first kappa shape index (κ1) is 14.7. The lowest BCUT2D eigenvalue weighted by atomic mass is 10.1. The van der Waals surface area contributed by atoms with Crippen LogP contribution in [0.5, 0.6) is 0 Å². The highest BCUT2D eigenvalue weighted by Crippen LogP contribution is 2.31.